The molecule has 0 aliphatic heterocycles. The monoisotopic (exact) mass is 686 g/mol. The van der Waals surface area contributed by atoms with Crippen molar-refractivity contribution >= 4 is 35.9 Å². The zero-order valence-electron chi connectivity index (χ0n) is 28.3. The van der Waals surface area contributed by atoms with Gasteiger partial charge < -0.3 is 18.9 Å². The summed E-state index contributed by atoms with van der Waals surface area (Å²) in [6.07, 6.45) is 3.30. The van der Waals surface area contributed by atoms with E-state index in [0.29, 0.717) is 28.0 Å². The van der Waals surface area contributed by atoms with Crippen LogP contribution in [0.15, 0.2) is 133 Å². The summed E-state index contributed by atoms with van der Waals surface area (Å²) >= 11 is 0. The molecule has 8 heteroatoms. The number of carbonyl (C=O) groups is 4. The molecule has 51 heavy (non-hydrogen) atoms. The molecule has 0 heterocycles. The minimum Gasteiger partial charge on any atom is -0.497 e. The van der Waals surface area contributed by atoms with Gasteiger partial charge in [0.2, 0.25) is 0 Å². The van der Waals surface area contributed by atoms with E-state index in [4.69, 9.17) is 18.9 Å². The molecular weight excluding hydrogens is 644 g/mol. The fraction of sp³-hybridized carbons (Fsp3) is 0.116. The predicted octanol–water partition coefficient (Wildman–Crippen LogP) is 9.49. The van der Waals surface area contributed by atoms with Crippen LogP contribution in [0.5, 0.6) is 23.0 Å². The van der Waals surface area contributed by atoms with E-state index in [2.05, 4.69) is 0 Å². The average Bonchev–Trinajstić information content (AvgIpc) is 3.21. The van der Waals surface area contributed by atoms with Gasteiger partial charge in [0.05, 0.1) is 28.4 Å². The van der Waals surface area contributed by atoms with Gasteiger partial charge in [0.1, 0.15) is 48.1 Å². The second kappa shape index (κ2) is 22.2. The summed E-state index contributed by atoms with van der Waals surface area (Å²) < 4.78 is 20.0. The number of hydrogen-bond acceptors (Lipinski definition) is 8. The van der Waals surface area contributed by atoms with E-state index in [-0.39, 0.29) is 7.43 Å². The van der Waals surface area contributed by atoms with Crippen LogP contribution in [0, 0.1) is 0 Å². The van der Waals surface area contributed by atoms with Crippen molar-refractivity contribution < 1.29 is 38.1 Å². The van der Waals surface area contributed by atoms with Crippen molar-refractivity contribution in [2.24, 2.45) is 0 Å². The molecule has 0 atom stereocenters. The molecule has 0 saturated heterocycles. The molecule has 0 amide bonds. The van der Waals surface area contributed by atoms with Crippen molar-refractivity contribution in [3.05, 3.63) is 156 Å². The van der Waals surface area contributed by atoms with Gasteiger partial charge >= 0.3 is 0 Å². The summed E-state index contributed by atoms with van der Waals surface area (Å²) in [5.74, 6) is 3.15. The molecular formula is C43H42O8. The number of aldehydes is 4. The molecule has 0 radical (unpaired) electrons. The van der Waals surface area contributed by atoms with Gasteiger partial charge in [-0.3, -0.25) is 19.2 Å². The smallest absolute Gasteiger partial charge is 0.150 e. The summed E-state index contributed by atoms with van der Waals surface area (Å²) in [7, 11) is 6.45. The fourth-order valence-corrected chi connectivity index (χ4v) is 4.38. The van der Waals surface area contributed by atoms with Crippen molar-refractivity contribution in [1.82, 2.24) is 0 Å². The Morgan fingerprint density at radius 1 is 0.353 bits per heavy atom. The molecule has 0 spiro atoms. The molecule has 0 aliphatic rings. The van der Waals surface area contributed by atoms with E-state index in [9.17, 15) is 19.2 Å². The molecule has 0 saturated carbocycles. The minimum atomic E-state index is 0. The molecule has 8 nitrogen and oxygen atoms in total. The number of benzene rings is 6. The maximum atomic E-state index is 10.5. The van der Waals surface area contributed by atoms with Crippen LogP contribution in [-0.4, -0.2) is 53.6 Å². The van der Waals surface area contributed by atoms with Crippen LogP contribution < -0.4 is 18.9 Å². The average molecular weight is 687 g/mol. The normalized spacial score (nSPS) is 9.33. The summed E-state index contributed by atoms with van der Waals surface area (Å²) in [5, 5.41) is 2.13. The summed E-state index contributed by atoms with van der Waals surface area (Å²) in [6.45, 7) is 0. The van der Waals surface area contributed by atoms with Crippen LogP contribution in [-0.2, 0) is 0 Å². The first-order chi connectivity index (χ1) is 24.4. The van der Waals surface area contributed by atoms with Gasteiger partial charge in [-0.15, -0.1) is 0 Å². The molecule has 0 N–H and O–H groups in total. The Labute approximate surface area is 299 Å². The molecule has 6 rings (SSSR count). The number of methoxy groups -OCH3 is 4. The Balaban J connectivity index is 0.000000239. The Bertz CT molecular complexity index is 1950. The molecule has 6 aromatic rings. The highest BCUT2D eigenvalue weighted by atomic mass is 16.5. The third-order valence-corrected chi connectivity index (χ3v) is 7.16. The molecule has 6 aromatic carbocycles. The van der Waals surface area contributed by atoms with Gasteiger partial charge in [0.25, 0.3) is 0 Å². The summed E-state index contributed by atoms with van der Waals surface area (Å²) in [5.41, 5.74) is 4.89. The highest BCUT2D eigenvalue weighted by Crippen LogP contribution is 2.23. The van der Waals surface area contributed by atoms with E-state index in [1.54, 1.807) is 83.0 Å². The summed E-state index contributed by atoms with van der Waals surface area (Å²) in [4.78, 5) is 41.5. The van der Waals surface area contributed by atoms with Crippen LogP contribution in [0.3, 0.4) is 0 Å². The van der Waals surface area contributed by atoms with E-state index in [0.717, 1.165) is 64.3 Å². The molecule has 262 valence electrons. The van der Waals surface area contributed by atoms with E-state index in [1.165, 1.54) is 0 Å². The van der Waals surface area contributed by atoms with Crippen LogP contribution >= 0.6 is 0 Å². The lowest BCUT2D eigenvalue weighted by atomic mass is 10.0. The van der Waals surface area contributed by atoms with Crippen molar-refractivity contribution in [2.75, 3.05) is 28.4 Å². The van der Waals surface area contributed by atoms with Gasteiger partial charge in [-0.25, -0.2) is 0 Å². The maximum absolute atomic E-state index is 10.5. The van der Waals surface area contributed by atoms with Crippen molar-refractivity contribution in [3.8, 4) is 34.1 Å². The Kier molecular flexibility index (Phi) is 17.7. The number of ether oxygens (including phenoxy) is 4. The third-order valence-electron chi connectivity index (χ3n) is 7.16. The Morgan fingerprint density at radius 2 is 0.706 bits per heavy atom. The largest absolute Gasteiger partial charge is 0.497 e. The maximum Gasteiger partial charge on any atom is 0.150 e. The predicted molar refractivity (Wildman–Crippen MR) is 203 cm³/mol. The highest BCUT2D eigenvalue weighted by molar-refractivity contribution is 5.89. The van der Waals surface area contributed by atoms with E-state index in [1.807, 2.05) is 78.9 Å². The molecule has 0 aromatic heterocycles. The molecule has 0 aliphatic carbocycles. The number of fused-ring (bicyclic) bond motifs is 1. The second-order valence-corrected chi connectivity index (χ2v) is 10.3. The minimum absolute atomic E-state index is 0. The Morgan fingerprint density at radius 3 is 1.20 bits per heavy atom. The van der Waals surface area contributed by atoms with Gasteiger partial charge in [0, 0.05) is 22.3 Å². The van der Waals surface area contributed by atoms with Crippen LogP contribution in [0.2, 0.25) is 0 Å². The SMILES string of the molecule is C.COc1ccc(-c2ccc(C=O)cc2)cc1.COc1ccc(C=O)cc1.COc1ccc2cc(C=O)ccc2c1.COc1cccc(C=O)c1. The first-order valence-electron chi connectivity index (χ1n) is 15.3. The molecule has 0 unspecified atom stereocenters. The lowest BCUT2D eigenvalue weighted by molar-refractivity contribution is 0.111. The van der Waals surface area contributed by atoms with Gasteiger partial charge in [-0.1, -0.05) is 74.2 Å². The first kappa shape index (κ1) is 40.6. The standard InChI is InChI=1S/C14H12O2.C12H10O2.2C8H8O2.CH4/c1-16-14-8-6-13(7-9-14)12-4-2-11(10-15)3-5-12;1-14-12-5-4-10-6-9(8-13)2-3-11(10)7-12;1-10-8-4-2-7(6-9)3-5-8;1-10-8-4-2-3-7(5-8)6-9;/h2-10H,1H3;2-8H,1H3;2*2-6H,1H3;1H4. The van der Waals surface area contributed by atoms with Gasteiger partial charge in [-0.05, 0) is 88.6 Å². The molecule has 0 fully saturated rings. The van der Waals surface area contributed by atoms with Crippen molar-refractivity contribution in [2.45, 2.75) is 7.43 Å². The number of carbonyl (C=O) groups excluding carboxylic acids is 4. The van der Waals surface area contributed by atoms with E-state index < -0.39 is 0 Å². The van der Waals surface area contributed by atoms with Crippen LogP contribution in [0.1, 0.15) is 48.9 Å². The van der Waals surface area contributed by atoms with Gasteiger partial charge in [0.15, 0.2) is 0 Å². The zero-order valence-corrected chi connectivity index (χ0v) is 28.3. The highest BCUT2D eigenvalue weighted by Gasteiger charge is 1.99. The van der Waals surface area contributed by atoms with E-state index >= 15 is 0 Å². The summed E-state index contributed by atoms with van der Waals surface area (Å²) in [6, 6.07) is 40.6. The van der Waals surface area contributed by atoms with Crippen molar-refractivity contribution in [1.29, 1.82) is 0 Å². The Hall–Kier alpha value is -6.54. The molecule has 0 bridgehead atoms. The first-order valence-corrected chi connectivity index (χ1v) is 15.3. The van der Waals surface area contributed by atoms with Crippen LogP contribution in [0.4, 0.5) is 0 Å². The second-order valence-electron chi connectivity index (χ2n) is 10.3. The fourth-order valence-electron chi connectivity index (χ4n) is 4.38. The topological polar surface area (TPSA) is 105 Å². The number of rotatable bonds is 9. The van der Waals surface area contributed by atoms with Crippen LogP contribution in [0.25, 0.3) is 21.9 Å². The number of hydrogen-bond donors (Lipinski definition) is 0. The van der Waals surface area contributed by atoms with Gasteiger partial charge in [-0.2, -0.15) is 0 Å². The zero-order chi connectivity index (χ0) is 36.1. The third kappa shape index (κ3) is 13.1. The lowest BCUT2D eigenvalue weighted by Crippen LogP contribution is -1.84. The van der Waals surface area contributed by atoms with Crippen molar-refractivity contribution in [3.63, 3.8) is 0 Å². The lowest BCUT2D eigenvalue weighted by Gasteiger charge is -2.03. The quantitative estimate of drug-likeness (QED) is 0.139.